The van der Waals surface area contributed by atoms with E-state index >= 15 is 0 Å². The van der Waals surface area contributed by atoms with Gasteiger partial charge >= 0.3 is 0 Å². The average Bonchev–Trinajstić information content (AvgIpc) is 3.03. The molecule has 1 amide bonds. The van der Waals surface area contributed by atoms with Crippen LogP contribution in [-0.4, -0.2) is 27.4 Å². The van der Waals surface area contributed by atoms with Gasteiger partial charge in [0.05, 0.1) is 12.7 Å². The van der Waals surface area contributed by atoms with Gasteiger partial charge in [-0.15, -0.1) is 5.10 Å². The first-order chi connectivity index (χ1) is 10.8. The zero-order valence-electron chi connectivity index (χ0n) is 12.7. The number of carbonyl (C=O) groups is 1. The molecule has 1 aromatic carbocycles. The summed E-state index contributed by atoms with van der Waals surface area (Å²) in [4.78, 5) is 12.1. The number of aromatic nitrogens is 3. The summed E-state index contributed by atoms with van der Waals surface area (Å²) in [6.45, 7) is 1.38. The van der Waals surface area contributed by atoms with Crippen molar-refractivity contribution in [2.45, 2.75) is 38.6 Å². The van der Waals surface area contributed by atoms with Crippen molar-refractivity contribution in [3.8, 4) is 0 Å². The molecule has 1 aliphatic carbocycles. The zero-order chi connectivity index (χ0) is 15.2. The third kappa shape index (κ3) is 3.93. The molecule has 116 valence electrons. The van der Waals surface area contributed by atoms with E-state index < -0.39 is 0 Å². The lowest BCUT2D eigenvalue weighted by Gasteiger charge is -2.21. The lowest BCUT2D eigenvalue weighted by Crippen LogP contribution is -2.30. The first kappa shape index (κ1) is 14.8. The Kier molecular flexibility index (Phi) is 4.83. The Hall–Kier alpha value is -2.17. The predicted molar refractivity (Wildman–Crippen MR) is 84.5 cm³/mol. The van der Waals surface area contributed by atoms with Gasteiger partial charge in [0.25, 0.3) is 5.91 Å². The maximum Gasteiger partial charge on any atom is 0.273 e. The monoisotopic (exact) mass is 298 g/mol. The van der Waals surface area contributed by atoms with Gasteiger partial charge in [-0.05, 0) is 24.3 Å². The summed E-state index contributed by atoms with van der Waals surface area (Å²) in [5, 5.41) is 11.0. The van der Waals surface area contributed by atoms with E-state index in [1.54, 1.807) is 10.9 Å². The van der Waals surface area contributed by atoms with Crippen molar-refractivity contribution in [1.82, 2.24) is 20.3 Å². The van der Waals surface area contributed by atoms with Crippen molar-refractivity contribution in [1.29, 1.82) is 0 Å². The average molecular weight is 298 g/mol. The molecule has 0 saturated heterocycles. The van der Waals surface area contributed by atoms with Gasteiger partial charge in [-0.3, -0.25) is 4.79 Å². The predicted octanol–water partition coefficient (Wildman–Crippen LogP) is 2.64. The van der Waals surface area contributed by atoms with Crippen molar-refractivity contribution in [2.75, 3.05) is 6.54 Å². The number of rotatable bonds is 5. The molecule has 0 aliphatic heterocycles. The number of nitrogens with one attached hydrogen (secondary N) is 1. The molecule has 1 fully saturated rings. The topological polar surface area (TPSA) is 59.8 Å². The van der Waals surface area contributed by atoms with Crippen LogP contribution in [0.4, 0.5) is 0 Å². The summed E-state index contributed by atoms with van der Waals surface area (Å²) in [6, 6.07) is 10.0. The fourth-order valence-electron chi connectivity index (χ4n) is 2.97. The summed E-state index contributed by atoms with van der Waals surface area (Å²) >= 11 is 0. The standard InChI is InChI=1S/C17H22N4O/c22-17(18-11-14-7-3-1-4-8-14)16-13-21(20-19-16)12-15-9-5-2-6-10-15/h2,5-6,9-10,13-14H,1,3-4,7-8,11-12H2,(H,18,22). The molecule has 5 nitrogen and oxygen atoms in total. The number of hydrogen-bond acceptors (Lipinski definition) is 3. The largest absolute Gasteiger partial charge is 0.350 e. The Morgan fingerprint density at radius 2 is 1.95 bits per heavy atom. The van der Waals surface area contributed by atoms with Gasteiger partial charge in [-0.2, -0.15) is 0 Å². The van der Waals surface area contributed by atoms with Gasteiger partial charge in [0, 0.05) is 6.54 Å². The first-order valence-electron chi connectivity index (χ1n) is 8.03. The molecule has 5 heteroatoms. The second kappa shape index (κ2) is 7.20. The Balaban J connectivity index is 1.52. The molecule has 0 spiro atoms. The third-order valence-electron chi connectivity index (χ3n) is 4.23. The highest BCUT2D eigenvalue weighted by molar-refractivity contribution is 5.91. The van der Waals surface area contributed by atoms with E-state index in [9.17, 15) is 4.79 Å². The van der Waals surface area contributed by atoms with Crippen LogP contribution < -0.4 is 5.32 Å². The summed E-state index contributed by atoms with van der Waals surface area (Å²) in [5.41, 5.74) is 1.54. The highest BCUT2D eigenvalue weighted by atomic mass is 16.2. The van der Waals surface area contributed by atoms with Crippen LogP contribution in [0.2, 0.25) is 0 Å². The minimum atomic E-state index is -0.120. The Bertz CT molecular complexity index is 602. The molecule has 0 unspecified atom stereocenters. The number of amides is 1. The summed E-state index contributed by atoms with van der Waals surface area (Å²) in [6.07, 6.45) is 8.06. The third-order valence-corrected chi connectivity index (χ3v) is 4.23. The van der Waals surface area contributed by atoms with Gasteiger partial charge < -0.3 is 5.32 Å². The smallest absolute Gasteiger partial charge is 0.273 e. The quantitative estimate of drug-likeness (QED) is 0.923. The highest BCUT2D eigenvalue weighted by Gasteiger charge is 2.16. The van der Waals surface area contributed by atoms with Crippen molar-refractivity contribution in [3.63, 3.8) is 0 Å². The Labute approximate surface area is 130 Å². The Morgan fingerprint density at radius 3 is 2.73 bits per heavy atom. The van der Waals surface area contributed by atoms with Gasteiger partial charge in [0.15, 0.2) is 5.69 Å². The van der Waals surface area contributed by atoms with Gasteiger partial charge in [0.1, 0.15) is 0 Å². The van der Waals surface area contributed by atoms with Crippen molar-refractivity contribution in [3.05, 3.63) is 47.8 Å². The zero-order valence-corrected chi connectivity index (χ0v) is 12.7. The molecule has 0 radical (unpaired) electrons. The molecular weight excluding hydrogens is 276 g/mol. The van der Waals surface area contributed by atoms with E-state index in [1.807, 2.05) is 30.3 Å². The number of hydrogen-bond donors (Lipinski definition) is 1. The lowest BCUT2D eigenvalue weighted by molar-refractivity contribution is 0.0938. The van der Waals surface area contributed by atoms with Crippen LogP contribution in [0.3, 0.4) is 0 Å². The fraction of sp³-hybridized carbons (Fsp3) is 0.471. The second-order valence-electron chi connectivity index (χ2n) is 6.00. The maximum atomic E-state index is 12.1. The summed E-state index contributed by atoms with van der Waals surface area (Å²) in [5.74, 6) is 0.502. The molecule has 3 rings (SSSR count). The van der Waals surface area contributed by atoms with Gasteiger partial charge in [-0.1, -0.05) is 54.8 Å². The SMILES string of the molecule is O=C(NCC1CCCCC1)c1cn(Cc2ccccc2)nn1. The molecule has 1 saturated carbocycles. The van der Waals surface area contributed by atoms with Gasteiger partial charge in [-0.25, -0.2) is 4.68 Å². The fourth-order valence-corrected chi connectivity index (χ4v) is 2.97. The summed E-state index contributed by atoms with van der Waals surface area (Å²) in [7, 11) is 0. The van der Waals surface area contributed by atoms with E-state index in [4.69, 9.17) is 0 Å². The van der Waals surface area contributed by atoms with Gasteiger partial charge in [0.2, 0.25) is 0 Å². The van der Waals surface area contributed by atoms with E-state index in [-0.39, 0.29) is 5.91 Å². The van der Waals surface area contributed by atoms with Crippen LogP contribution in [0, 0.1) is 5.92 Å². The summed E-state index contributed by atoms with van der Waals surface area (Å²) < 4.78 is 1.70. The number of benzene rings is 1. The molecule has 0 bridgehead atoms. The van der Waals surface area contributed by atoms with Crippen LogP contribution >= 0.6 is 0 Å². The molecule has 0 atom stereocenters. The Morgan fingerprint density at radius 1 is 1.18 bits per heavy atom. The van der Waals surface area contributed by atoms with Crippen molar-refractivity contribution in [2.24, 2.45) is 5.92 Å². The molecule has 1 N–H and O–H groups in total. The second-order valence-corrected chi connectivity index (χ2v) is 6.00. The molecule has 1 aliphatic rings. The number of carbonyl (C=O) groups excluding carboxylic acids is 1. The van der Waals surface area contributed by atoms with Crippen molar-refractivity contribution >= 4 is 5.91 Å². The highest BCUT2D eigenvalue weighted by Crippen LogP contribution is 2.22. The molecule has 1 heterocycles. The minimum absolute atomic E-state index is 0.120. The van der Waals surface area contributed by atoms with E-state index in [1.165, 1.54) is 32.1 Å². The number of nitrogens with zero attached hydrogens (tertiary/aromatic N) is 3. The van der Waals surface area contributed by atoms with E-state index in [0.717, 1.165) is 12.1 Å². The molecule has 2 aromatic rings. The first-order valence-corrected chi connectivity index (χ1v) is 8.03. The van der Waals surface area contributed by atoms with E-state index in [0.29, 0.717) is 18.2 Å². The molecule has 22 heavy (non-hydrogen) atoms. The maximum absolute atomic E-state index is 12.1. The minimum Gasteiger partial charge on any atom is -0.350 e. The van der Waals surface area contributed by atoms with Crippen LogP contribution in [0.25, 0.3) is 0 Å². The van der Waals surface area contributed by atoms with Crippen molar-refractivity contribution < 1.29 is 4.79 Å². The normalized spacial score (nSPS) is 15.6. The molecular formula is C17H22N4O. The van der Waals surface area contributed by atoms with Crippen LogP contribution in [0.1, 0.15) is 48.2 Å². The lowest BCUT2D eigenvalue weighted by atomic mass is 9.89. The van der Waals surface area contributed by atoms with Crippen LogP contribution in [0.5, 0.6) is 0 Å². The van der Waals surface area contributed by atoms with Crippen LogP contribution in [0.15, 0.2) is 36.5 Å². The van der Waals surface area contributed by atoms with E-state index in [2.05, 4.69) is 15.6 Å². The molecule has 1 aromatic heterocycles. The van der Waals surface area contributed by atoms with Crippen LogP contribution in [-0.2, 0) is 6.54 Å².